The average molecular weight is 321 g/mol. The lowest BCUT2D eigenvalue weighted by atomic mass is 10.0. The smallest absolute Gasteiger partial charge is 0.263 e. The van der Waals surface area contributed by atoms with E-state index in [9.17, 15) is 4.79 Å². The molecule has 2 aliphatic carbocycles. The van der Waals surface area contributed by atoms with E-state index in [4.69, 9.17) is 0 Å². The summed E-state index contributed by atoms with van der Waals surface area (Å²) in [6.45, 7) is 2.14. The van der Waals surface area contributed by atoms with E-state index in [0.717, 1.165) is 29.2 Å². The van der Waals surface area contributed by atoms with Crippen LogP contribution in [0, 0.1) is 11.8 Å². The summed E-state index contributed by atoms with van der Waals surface area (Å²) in [5.41, 5.74) is 0. The molecule has 1 aromatic rings. The lowest BCUT2D eigenvalue weighted by molar-refractivity contribution is 0.0731. The Morgan fingerprint density at radius 2 is 1.68 bits per heavy atom. The first-order valence-electron chi connectivity index (χ1n) is 8.51. The molecule has 122 valence electrons. The van der Waals surface area contributed by atoms with Crippen LogP contribution in [-0.2, 0) is 6.42 Å². The van der Waals surface area contributed by atoms with Crippen LogP contribution in [0.4, 0.5) is 0 Å². The van der Waals surface area contributed by atoms with E-state index in [1.54, 1.807) is 11.3 Å². The van der Waals surface area contributed by atoms with Crippen molar-refractivity contribution in [2.75, 3.05) is 21.1 Å². The fourth-order valence-corrected chi connectivity index (χ4v) is 5.24. The van der Waals surface area contributed by atoms with Crippen molar-refractivity contribution in [3.05, 3.63) is 21.9 Å². The molecule has 2 fully saturated rings. The molecule has 2 aliphatic rings. The lowest BCUT2D eigenvalue weighted by Crippen LogP contribution is -2.36. The summed E-state index contributed by atoms with van der Waals surface area (Å²) in [5.74, 6) is 1.86. The van der Waals surface area contributed by atoms with E-state index >= 15 is 0 Å². The third-order valence-electron chi connectivity index (χ3n) is 5.79. The summed E-state index contributed by atoms with van der Waals surface area (Å²) in [4.78, 5) is 19.3. The van der Waals surface area contributed by atoms with Gasteiger partial charge in [-0.3, -0.25) is 4.79 Å². The number of hydrogen-bond donors (Lipinski definition) is 0. The van der Waals surface area contributed by atoms with Crippen LogP contribution < -0.4 is 0 Å². The van der Waals surface area contributed by atoms with E-state index in [-0.39, 0.29) is 5.91 Å². The van der Waals surface area contributed by atoms with Gasteiger partial charge in [-0.1, -0.05) is 6.92 Å². The predicted octanol–water partition coefficient (Wildman–Crippen LogP) is 3.50. The van der Waals surface area contributed by atoms with Crippen LogP contribution in [0.2, 0.25) is 0 Å². The van der Waals surface area contributed by atoms with Gasteiger partial charge in [0.1, 0.15) is 0 Å². The van der Waals surface area contributed by atoms with E-state index in [1.165, 1.54) is 30.6 Å². The van der Waals surface area contributed by atoms with E-state index in [1.807, 2.05) is 18.0 Å². The summed E-state index contributed by atoms with van der Waals surface area (Å²) in [7, 11) is 6.39. The molecular weight excluding hydrogens is 292 g/mol. The van der Waals surface area contributed by atoms with Crippen molar-refractivity contribution < 1.29 is 4.79 Å². The molecule has 2 saturated carbocycles. The normalized spacial score (nSPS) is 30.8. The molecule has 2 unspecified atom stereocenters. The van der Waals surface area contributed by atoms with Crippen molar-refractivity contribution >= 4 is 17.2 Å². The minimum absolute atomic E-state index is 0.221. The van der Waals surface area contributed by atoms with Gasteiger partial charge in [0.05, 0.1) is 4.88 Å². The monoisotopic (exact) mass is 320 g/mol. The quantitative estimate of drug-likeness (QED) is 0.848. The maximum atomic E-state index is 12.7. The van der Waals surface area contributed by atoms with Crippen molar-refractivity contribution in [1.82, 2.24) is 9.80 Å². The zero-order chi connectivity index (χ0) is 15.9. The molecule has 1 amide bonds. The van der Waals surface area contributed by atoms with Gasteiger partial charge >= 0.3 is 0 Å². The molecule has 0 spiro atoms. The molecular formula is C18H28N2OS. The summed E-state index contributed by atoms with van der Waals surface area (Å²) >= 11 is 1.66. The van der Waals surface area contributed by atoms with Crippen LogP contribution in [0.15, 0.2) is 12.1 Å². The molecule has 22 heavy (non-hydrogen) atoms. The van der Waals surface area contributed by atoms with Gasteiger partial charge in [0, 0.05) is 24.0 Å². The summed E-state index contributed by atoms with van der Waals surface area (Å²) in [6.07, 6.45) is 6.04. The third-order valence-corrected chi connectivity index (χ3v) is 7.00. The summed E-state index contributed by atoms with van der Waals surface area (Å²) in [6, 6.07) is 5.29. The van der Waals surface area contributed by atoms with Gasteiger partial charge in [-0.25, -0.2) is 0 Å². The van der Waals surface area contributed by atoms with Crippen molar-refractivity contribution in [3.63, 3.8) is 0 Å². The van der Waals surface area contributed by atoms with Gasteiger partial charge in [-0.15, -0.1) is 11.3 Å². The second-order valence-electron chi connectivity index (χ2n) is 7.27. The average Bonchev–Trinajstić information content (AvgIpc) is 3.18. The number of amides is 1. The van der Waals surface area contributed by atoms with E-state index < -0.39 is 0 Å². The fraction of sp³-hybridized carbons (Fsp3) is 0.722. The van der Waals surface area contributed by atoms with Gasteiger partial charge in [0.15, 0.2) is 0 Å². The standard InChI is InChI=1S/C18H28N2OS/c1-5-16-6-7-17(22-16)18(21)20(4)15-10-12-8-14(19(2)3)9-13(12)11-15/h6-7,12-15H,5,8-11H2,1-4H3/t12-,13+,14?,15?. The Labute approximate surface area is 138 Å². The molecule has 0 aromatic carbocycles. The Morgan fingerprint density at radius 1 is 1.09 bits per heavy atom. The lowest BCUT2D eigenvalue weighted by Gasteiger charge is -2.26. The van der Waals surface area contributed by atoms with Crippen LogP contribution in [-0.4, -0.2) is 48.9 Å². The number of fused-ring (bicyclic) bond motifs is 1. The van der Waals surface area contributed by atoms with E-state index in [0.29, 0.717) is 6.04 Å². The maximum absolute atomic E-state index is 12.7. The van der Waals surface area contributed by atoms with Gasteiger partial charge in [0.2, 0.25) is 0 Å². The first-order chi connectivity index (χ1) is 10.5. The topological polar surface area (TPSA) is 23.6 Å². The Bertz CT molecular complexity index is 525. The minimum atomic E-state index is 0.221. The maximum Gasteiger partial charge on any atom is 0.263 e. The van der Waals surface area contributed by atoms with E-state index in [2.05, 4.69) is 32.0 Å². The molecule has 0 bridgehead atoms. The highest BCUT2D eigenvalue weighted by Gasteiger charge is 2.44. The number of carbonyl (C=O) groups is 1. The van der Waals surface area contributed by atoms with Gasteiger partial charge in [-0.05, 0) is 70.2 Å². The number of aryl methyl sites for hydroxylation is 1. The molecule has 3 nitrogen and oxygen atoms in total. The molecule has 0 N–H and O–H groups in total. The highest BCUT2D eigenvalue weighted by Crippen LogP contribution is 2.46. The second-order valence-corrected chi connectivity index (χ2v) is 8.44. The van der Waals surface area contributed by atoms with Gasteiger partial charge in [0.25, 0.3) is 5.91 Å². The molecule has 0 radical (unpaired) electrons. The van der Waals surface area contributed by atoms with Crippen LogP contribution in [0.5, 0.6) is 0 Å². The van der Waals surface area contributed by atoms with Crippen LogP contribution >= 0.6 is 11.3 Å². The highest BCUT2D eigenvalue weighted by atomic mass is 32.1. The van der Waals surface area contributed by atoms with Crippen LogP contribution in [0.25, 0.3) is 0 Å². The summed E-state index contributed by atoms with van der Waals surface area (Å²) < 4.78 is 0. The van der Waals surface area contributed by atoms with Crippen LogP contribution in [0.3, 0.4) is 0 Å². The predicted molar refractivity (Wildman–Crippen MR) is 92.5 cm³/mol. The number of rotatable bonds is 4. The Kier molecular flexibility index (Phi) is 4.60. The van der Waals surface area contributed by atoms with Crippen molar-refractivity contribution in [2.45, 2.75) is 51.1 Å². The molecule has 0 aliphatic heterocycles. The largest absolute Gasteiger partial charge is 0.338 e. The van der Waals surface area contributed by atoms with Crippen LogP contribution in [0.1, 0.15) is 47.2 Å². The van der Waals surface area contributed by atoms with Gasteiger partial charge in [-0.2, -0.15) is 0 Å². The number of thiophene rings is 1. The Morgan fingerprint density at radius 3 is 2.18 bits per heavy atom. The molecule has 1 heterocycles. The Balaban J connectivity index is 1.61. The molecule has 3 rings (SSSR count). The first-order valence-corrected chi connectivity index (χ1v) is 9.33. The van der Waals surface area contributed by atoms with Gasteiger partial charge < -0.3 is 9.80 Å². The van der Waals surface area contributed by atoms with Crippen molar-refractivity contribution in [3.8, 4) is 0 Å². The first kappa shape index (κ1) is 16.0. The van der Waals surface area contributed by atoms with Crippen molar-refractivity contribution in [1.29, 1.82) is 0 Å². The fourth-order valence-electron chi connectivity index (χ4n) is 4.31. The molecule has 0 saturated heterocycles. The van der Waals surface area contributed by atoms with Crippen molar-refractivity contribution in [2.24, 2.45) is 11.8 Å². The Hall–Kier alpha value is -0.870. The molecule has 1 aromatic heterocycles. The number of hydrogen-bond acceptors (Lipinski definition) is 3. The zero-order valence-corrected chi connectivity index (χ0v) is 15.0. The minimum Gasteiger partial charge on any atom is -0.338 e. The zero-order valence-electron chi connectivity index (χ0n) is 14.2. The number of nitrogens with zero attached hydrogens (tertiary/aromatic N) is 2. The molecule has 4 atom stereocenters. The number of carbonyl (C=O) groups excluding carboxylic acids is 1. The second kappa shape index (κ2) is 6.32. The SMILES string of the molecule is CCc1ccc(C(=O)N(C)C2C[C@H]3CC(N(C)C)C[C@H]3C2)s1. The molecule has 4 heteroatoms. The highest BCUT2D eigenvalue weighted by molar-refractivity contribution is 7.14. The summed E-state index contributed by atoms with van der Waals surface area (Å²) in [5, 5.41) is 0. The third kappa shape index (κ3) is 2.95.